The van der Waals surface area contributed by atoms with E-state index in [1.165, 1.54) is 18.3 Å². The fourth-order valence-corrected chi connectivity index (χ4v) is 2.84. The highest BCUT2D eigenvalue weighted by Gasteiger charge is 2.16. The SMILES string of the molecule is N#Cc1cnccc1Nc1nccc2[nH]c(-c3c(F)cccc3Cl)nc12. The predicted octanol–water partition coefficient (Wildman–Crippen LogP) is 4.43. The van der Waals surface area contributed by atoms with Crippen LogP contribution in [0.4, 0.5) is 15.9 Å². The van der Waals surface area contributed by atoms with E-state index in [4.69, 9.17) is 11.6 Å². The number of pyridine rings is 2. The molecule has 3 heterocycles. The Morgan fingerprint density at radius 2 is 2.08 bits per heavy atom. The van der Waals surface area contributed by atoms with Crippen molar-refractivity contribution in [1.29, 1.82) is 5.26 Å². The van der Waals surface area contributed by atoms with Gasteiger partial charge < -0.3 is 10.3 Å². The second-order valence-electron chi connectivity index (χ2n) is 5.40. The molecule has 6 nitrogen and oxygen atoms in total. The molecule has 0 spiro atoms. The number of hydrogen-bond donors (Lipinski definition) is 2. The predicted molar refractivity (Wildman–Crippen MR) is 96.5 cm³/mol. The number of nitrogens with one attached hydrogen (secondary N) is 2. The molecule has 26 heavy (non-hydrogen) atoms. The number of fused-ring (bicyclic) bond motifs is 1. The highest BCUT2D eigenvalue weighted by Crippen LogP contribution is 2.32. The summed E-state index contributed by atoms with van der Waals surface area (Å²) < 4.78 is 14.2. The van der Waals surface area contributed by atoms with Crippen LogP contribution in [0.2, 0.25) is 5.02 Å². The molecule has 0 radical (unpaired) electrons. The first kappa shape index (κ1) is 16.0. The number of aromatic amines is 1. The van der Waals surface area contributed by atoms with Crippen LogP contribution in [-0.2, 0) is 0 Å². The van der Waals surface area contributed by atoms with Crippen molar-refractivity contribution in [1.82, 2.24) is 19.9 Å². The van der Waals surface area contributed by atoms with Gasteiger partial charge >= 0.3 is 0 Å². The fraction of sp³-hybridized carbons (Fsp3) is 0. The molecule has 1 aromatic carbocycles. The number of benzene rings is 1. The Labute approximate surface area is 152 Å². The Bertz CT molecular complexity index is 1140. The van der Waals surface area contributed by atoms with Gasteiger partial charge in [-0.3, -0.25) is 4.98 Å². The number of imidazole rings is 1. The number of aromatic nitrogens is 4. The smallest absolute Gasteiger partial charge is 0.158 e. The second-order valence-corrected chi connectivity index (χ2v) is 5.80. The lowest BCUT2D eigenvalue weighted by Crippen LogP contribution is -1.97. The van der Waals surface area contributed by atoms with Gasteiger partial charge in [-0.1, -0.05) is 17.7 Å². The molecule has 8 heteroatoms. The van der Waals surface area contributed by atoms with E-state index in [-0.39, 0.29) is 10.6 Å². The average Bonchev–Trinajstić information content (AvgIpc) is 3.07. The molecule has 0 saturated heterocycles. The van der Waals surface area contributed by atoms with E-state index in [0.717, 1.165) is 0 Å². The van der Waals surface area contributed by atoms with Crippen LogP contribution in [0.3, 0.4) is 0 Å². The lowest BCUT2D eigenvalue weighted by Gasteiger charge is -2.06. The Morgan fingerprint density at radius 3 is 2.88 bits per heavy atom. The van der Waals surface area contributed by atoms with Crippen LogP contribution < -0.4 is 5.32 Å². The van der Waals surface area contributed by atoms with Crippen molar-refractivity contribution in [2.75, 3.05) is 5.32 Å². The molecule has 126 valence electrons. The summed E-state index contributed by atoms with van der Waals surface area (Å²) in [5.41, 5.74) is 2.28. The zero-order valence-electron chi connectivity index (χ0n) is 13.2. The number of nitriles is 1. The standard InChI is InChI=1S/C18H10ClFN6/c19-11-2-1-3-12(20)15(11)17-25-14-5-7-23-18(16(14)26-17)24-13-4-6-22-9-10(13)8-21/h1-7,9H,(H,25,26)(H,22,23,24). The van der Waals surface area contributed by atoms with Crippen molar-refractivity contribution in [3.05, 3.63) is 65.3 Å². The zero-order chi connectivity index (χ0) is 18.1. The van der Waals surface area contributed by atoms with Crippen molar-refractivity contribution in [2.45, 2.75) is 0 Å². The summed E-state index contributed by atoms with van der Waals surface area (Å²) in [7, 11) is 0. The van der Waals surface area contributed by atoms with Gasteiger partial charge in [0.1, 0.15) is 23.2 Å². The average molecular weight is 365 g/mol. The molecule has 0 aliphatic heterocycles. The van der Waals surface area contributed by atoms with E-state index in [0.29, 0.717) is 33.9 Å². The van der Waals surface area contributed by atoms with Gasteiger partial charge in [0.15, 0.2) is 5.82 Å². The molecule has 4 rings (SSSR count). The van der Waals surface area contributed by atoms with E-state index >= 15 is 0 Å². The maximum absolute atomic E-state index is 14.2. The molecular weight excluding hydrogens is 355 g/mol. The third-order valence-electron chi connectivity index (χ3n) is 3.80. The fourth-order valence-electron chi connectivity index (χ4n) is 2.59. The molecule has 3 aromatic heterocycles. The van der Waals surface area contributed by atoms with Gasteiger partial charge in [0, 0.05) is 18.6 Å². The van der Waals surface area contributed by atoms with Gasteiger partial charge in [0.2, 0.25) is 0 Å². The lowest BCUT2D eigenvalue weighted by molar-refractivity contribution is 0.630. The van der Waals surface area contributed by atoms with Gasteiger partial charge in [-0.2, -0.15) is 5.26 Å². The van der Waals surface area contributed by atoms with Crippen molar-refractivity contribution in [2.24, 2.45) is 0 Å². The van der Waals surface area contributed by atoms with Gasteiger partial charge in [0.25, 0.3) is 0 Å². The number of hydrogen-bond acceptors (Lipinski definition) is 5. The Hall–Kier alpha value is -3.50. The van der Waals surface area contributed by atoms with Crippen LogP contribution in [0.15, 0.2) is 48.9 Å². The molecule has 0 unspecified atom stereocenters. The van der Waals surface area contributed by atoms with Crippen LogP contribution in [0.25, 0.3) is 22.4 Å². The summed E-state index contributed by atoms with van der Waals surface area (Å²) in [6, 6.07) is 9.91. The lowest BCUT2D eigenvalue weighted by atomic mass is 10.2. The molecule has 0 amide bonds. The second kappa shape index (κ2) is 6.43. The molecule has 0 aliphatic carbocycles. The van der Waals surface area contributed by atoms with E-state index in [9.17, 15) is 9.65 Å². The monoisotopic (exact) mass is 364 g/mol. The van der Waals surface area contributed by atoms with Crippen LogP contribution >= 0.6 is 11.6 Å². The quantitative estimate of drug-likeness (QED) is 0.561. The molecular formula is C18H10ClFN6. The molecule has 2 N–H and O–H groups in total. The summed E-state index contributed by atoms with van der Waals surface area (Å²) >= 11 is 6.13. The minimum absolute atomic E-state index is 0.193. The first-order valence-corrected chi connectivity index (χ1v) is 7.95. The van der Waals surface area contributed by atoms with Gasteiger partial charge in [-0.05, 0) is 24.3 Å². The summed E-state index contributed by atoms with van der Waals surface area (Å²) in [6.07, 6.45) is 4.61. The van der Waals surface area contributed by atoms with E-state index in [1.807, 2.05) is 0 Å². The molecule has 0 aliphatic rings. The highest BCUT2D eigenvalue weighted by molar-refractivity contribution is 6.33. The molecule has 4 aromatic rings. The summed E-state index contributed by atoms with van der Waals surface area (Å²) in [5, 5.41) is 12.5. The van der Waals surface area contributed by atoms with Crippen molar-refractivity contribution >= 4 is 34.1 Å². The topological polar surface area (TPSA) is 90.3 Å². The van der Waals surface area contributed by atoms with Gasteiger partial charge in [-0.15, -0.1) is 0 Å². The van der Waals surface area contributed by atoms with Crippen LogP contribution in [-0.4, -0.2) is 19.9 Å². The highest BCUT2D eigenvalue weighted by atomic mass is 35.5. The maximum atomic E-state index is 14.2. The Kier molecular flexibility index (Phi) is 3.95. The molecule has 0 saturated carbocycles. The molecule has 0 bridgehead atoms. The minimum atomic E-state index is -0.472. The summed E-state index contributed by atoms with van der Waals surface area (Å²) in [5.74, 6) is 0.259. The van der Waals surface area contributed by atoms with Crippen LogP contribution in [0.5, 0.6) is 0 Å². The number of halogens is 2. The number of rotatable bonds is 3. The number of H-pyrrole nitrogens is 1. The van der Waals surface area contributed by atoms with E-state index < -0.39 is 5.82 Å². The molecule has 0 fully saturated rings. The normalized spacial score (nSPS) is 10.7. The van der Waals surface area contributed by atoms with Crippen molar-refractivity contribution < 1.29 is 4.39 Å². The maximum Gasteiger partial charge on any atom is 0.158 e. The summed E-state index contributed by atoms with van der Waals surface area (Å²) in [4.78, 5) is 15.7. The Balaban J connectivity index is 1.83. The van der Waals surface area contributed by atoms with Crippen molar-refractivity contribution in [3.8, 4) is 17.5 Å². The first-order valence-electron chi connectivity index (χ1n) is 7.57. The number of anilines is 2. The van der Waals surface area contributed by atoms with E-state index in [1.54, 1.807) is 30.6 Å². The minimum Gasteiger partial charge on any atom is -0.338 e. The third-order valence-corrected chi connectivity index (χ3v) is 4.11. The first-order chi connectivity index (χ1) is 12.7. The third kappa shape index (κ3) is 2.72. The molecule has 0 atom stereocenters. The van der Waals surface area contributed by atoms with Crippen molar-refractivity contribution in [3.63, 3.8) is 0 Å². The van der Waals surface area contributed by atoms with Crippen LogP contribution in [0.1, 0.15) is 5.56 Å². The number of nitrogens with zero attached hydrogens (tertiary/aromatic N) is 4. The van der Waals surface area contributed by atoms with Gasteiger partial charge in [0.05, 0.1) is 27.4 Å². The summed E-state index contributed by atoms with van der Waals surface area (Å²) in [6.45, 7) is 0. The van der Waals surface area contributed by atoms with E-state index in [2.05, 4.69) is 31.3 Å². The van der Waals surface area contributed by atoms with Crippen LogP contribution in [0, 0.1) is 17.1 Å². The zero-order valence-corrected chi connectivity index (χ0v) is 13.9. The Morgan fingerprint density at radius 1 is 1.19 bits per heavy atom. The van der Waals surface area contributed by atoms with Gasteiger partial charge in [-0.25, -0.2) is 14.4 Å². The largest absolute Gasteiger partial charge is 0.338 e.